The summed E-state index contributed by atoms with van der Waals surface area (Å²) in [6.07, 6.45) is 0. The second-order valence-electron chi connectivity index (χ2n) is 8.95. The molecule has 0 aromatic heterocycles. The fourth-order valence-corrected chi connectivity index (χ4v) is 5.70. The molecule has 0 radical (unpaired) electrons. The number of benzene rings is 4. The summed E-state index contributed by atoms with van der Waals surface area (Å²) in [5, 5.41) is 6.07. The van der Waals surface area contributed by atoms with Gasteiger partial charge in [-0.3, -0.25) is 13.9 Å². The van der Waals surface area contributed by atoms with Crippen molar-refractivity contribution in [1.29, 1.82) is 0 Å². The largest absolute Gasteiger partial charge is 0.345 e. The molecule has 0 saturated heterocycles. The lowest BCUT2D eigenvalue weighted by molar-refractivity contribution is -0.114. The molecule has 0 bridgehead atoms. The van der Waals surface area contributed by atoms with E-state index in [-0.39, 0.29) is 28.1 Å². The van der Waals surface area contributed by atoms with Crippen molar-refractivity contribution < 1.29 is 18.0 Å². The van der Waals surface area contributed by atoms with E-state index >= 15 is 0 Å². The molecule has 4 aromatic carbocycles. The van der Waals surface area contributed by atoms with Crippen LogP contribution in [0.2, 0.25) is 5.02 Å². The van der Waals surface area contributed by atoms with E-state index in [1.54, 1.807) is 55.5 Å². The zero-order chi connectivity index (χ0) is 28.0. The van der Waals surface area contributed by atoms with Gasteiger partial charge in [-0.1, -0.05) is 72.3 Å². The lowest BCUT2D eigenvalue weighted by Crippen LogP contribution is -2.39. The number of nitrogens with zero attached hydrogens (tertiary/aromatic N) is 1. The van der Waals surface area contributed by atoms with Gasteiger partial charge < -0.3 is 10.6 Å². The number of rotatable bonds is 9. The van der Waals surface area contributed by atoms with E-state index in [1.807, 2.05) is 37.3 Å². The van der Waals surface area contributed by atoms with Gasteiger partial charge in [0.05, 0.1) is 27.9 Å². The maximum absolute atomic E-state index is 13.7. The molecule has 0 heterocycles. The second-order valence-corrected chi connectivity index (χ2v) is 11.3. The van der Waals surface area contributed by atoms with Gasteiger partial charge >= 0.3 is 0 Å². The maximum Gasteiger partial charge on any atom is 0.264 e. The third kappa shape index (κ3) is 6.66. The highest BCUT2D eigenvalue weighted by molar-refractivity contribution is 7.92. The van der Waals surface area contributed by atoms with Crippen LogP contribution >= 0.6 is 11.6 Å². The maximum atomic E-state index is 13.7. The minimum Gasteiger partial charge on any atom is -0.345 e. The molecule has 39 heavy (non-hydrogen) atoms. The molecule has 0 spiro atoms. The Morgan fingerprint density at radius 2 is 1.46 bits per heavy atom. The van der Waals surface area contributed by atoms with Crippen LogP contribution in [0.25, 0.3) is 0 Å². The van der Waals surface area contributed by atoms with Crippen LogP contribution in [0.4, 0.5) is 11.4 Å². The van der Waals surface area contributed by atoms with Crippen LogP contribution in [0.3, 0.4) is 0 Å². The molecule has 7 nitrogen and oxygen atoms in total. The summed E-state index contributed by atoms with van der Waals surface area (Å²) >= 11 is 5.96. The van der Waals surface area contributed by atoms with E-state index in [2.05, 4.69) is 10.6 Å². The lowest BCUT2D eigenvalue weighted by Gasteiger charge is -2.26. The number of hydrogen-bond donors (Lipinski definition) is 2. The van der Waals surface area contributed by atoms with Crippen molar-refractivity contribution >= 4 is 44.8 Å². The average molecular weight is 562 g/mol. The Hall–Kier alpha value is -4.14. The standard InChI is InChI=1S/C30H28ClN3O4S/c1-21-10-6-9-15-28(21)34(39(37,38)25-18-16-24(31)17-19-25)20-29(35)33-27-14-8-7-13-26(27)30(36)32-22(2)23-11-4-3-5-12-23/h3-19,22H,20H2,1-2H3,(H,32,36)(H,33,35)/t22-/m1/s1. The predicted octanol–water partition coefficient (Wildman–Crippen LogP) is 5.97. The predicted molar refractivity (Wildman–Crippen MR) is 155 cm³/mol. The Morgan fingerprint density at radius 3 is 2.15 bits per heavy atom. The zero-order valence-electron chi connectivity index (χ0n) is 21.5. The molecular formula is C30H28ClN3O4S. The third-order valence-electron chi connectivity index (χ3n) is 6.17. The number of anilines is 2. The molecule has 0 aliphatic rings. The minimum absolute atomic E-state index is 0.00219. The molecule has 2 N–H and O–H groups in total. The van der Waals surface area contributed by atoms with E-state index < -0.39 is 22.5 Å². The second kappa shape index (κ2) is 12.1. The average Bonchev–Trinajstić information content (AvgIpc) is 2.93. The van der Waals surface area contributed by atoms with Gasteiger partial charge in [-0.2, -0.15) is 0 Å². The van der Waals surface area contributed by atoms with Crippen LogP contribution in [-0.4, -0.2) is 26.8 Å². The fraction of sp³-hybridized carbons (Fsp3) is 0.133. The highest BCUT2D eigenvalue weighted by Gasteiger charge is 2.28. The van der Waals surface area contributed by atoms with Crippen molar-refractivity contribution in [2.45, 2.75) is 24.8 Å². The number of para-hydroxylation sites is 2. The summed E-state index contributed by atoms with van der Waals surface area (Å²) < 4.78 is 28.4. The van der Waals surface area contributed by atoms with Gasteiger partial charge in [0.2, 0.25) is 5.91 Å². The Morgan fingerprint density at radius 1 is 0.846 bits per heavy atom. The van der Waals surface area contributed by atoms with Crippen molar-refractivity contribution in [3.05, 3.63) is 125 Å². The number of sulfonamides is 1. The molecule has 1 atom stereocenters. The van der Waals surface area contributed by atoms with Crippen molar-refractivity contribution in [2.24, 2.45) is 0 Å². The van der Waals surface area contributed by atoms with E-state index in [9.17, 15) is 18.0 Å². The number of carbonyl (C=O) groups is 2. The lowest BCUT2D eigenvalue weighted by atomic mass is 10.1. The van der Waals surface area contributed by atoms with Crippen LogP contribution in [-0.2, 0) is 14.8 Å². The molecule has 2 amide bonds. The van der Waals surface area contributed by atoms with Gasteiger partial charge in [0.15, 0.2) is 0 Å². The zero-order valence-corrected chi connectivity index (χ0v) is 23.0. The summed E-state index contributed by atoms with van der Waals surface area (Å²) in [7, 11) is -4.12. The summed E-state index contributed by atoms with van der Waals surface area (Å²) in [5.41, 5.74) is 2.52. The van der Waals surface area contributed by atoms with Gasteiger partial charge in [-0.15, -0.1) is 0 Å². The number of nitrogens with one attached hydrogen (secondary N) is 2. The normalized spacial score (nSPS) is 11.9. The van der Waals surface area contributed by atoms with E-state index in [1.165, 1.54) is 24.3 Å². The van der Waals surface area contributed by atoms with Gasteiger partial charge in [-0.25, -0.2) is 8.42 Å². The number of amides is 2. The number of carbonyl (C=O) groups excluding carboxylic acids is 2. The fourth-order valence-electron chi connectivity index (χ4n) is 4.09. The van der Waals surface area contributed by atoms with Crippen LogP contribution in [0.15, 0.2) is 108 Å². The topological polar surface area (TPSA) is 95.6 Å². The first-order valence-corrected chi connectivity index (χ1v) is 14.1. The quantitative estimate of drug-likeness (QED) is 0.263. The van der Waals surface area contributed by atoms with E-state index in [4.69, 9.17) is 11.6 Å². The molecule has 0 saturated carbocycles. The van der Waals surface area contributed by atoms with Crippen molar-refractivity contribution in [3.63, 3.8) is 0 Å². The van der Waals surface area contributed by atoms with Crippen molar-refractivity contribution in [2.75, 3.05) is 16.2 Å². The molecule has 0 aliphatic carbocycles. The summed E-state index contributed by atoms with van der Waals surface area (Å²) in [5.74, 6) is -0.973. The first kappa shape index (κ1) is 27.9. The Balaban J connectivity index is 1.59. The van der Waals surface area contributed by atoms with Crippen molar-refractivity contribution in [3.8, 4) is 0 Å². The molecule has 4 aromatic rings. The monoisotopic (exact) mass is 561 g/mol. The van der Waals surface area contributed by atoms with Gasteiger partial charge in [-0.05, 0) is 67.4 Å². The smallest absolute Gasteiger partial charge is 0.264 e. The van der Waals surface area contributed by atoms with Crippen LogP contribution in [0.1, 0.15) is 34.5 Å². The van der Waals surface area contributed by atoms with Gasteiger partial charge in [0.1, 0.15) is 6.54 Å². The molecule has 200 valence electrons. The van der Waals surface area contributed by atoms with Gasteiger partial charge in [0.25, 0.3) is 15.9 Å². The third-order valence-corrected chi connectivity index (χ3v) is 8.19. The van der Waals surface area contributed by atoms with Gasteiger partial charge in [0, 0.05) is 5.02 Å². The summed E-state index contributed by atoms with van der Waals surface area (Å²) in [6.45, 7) is 3.13. The Kier molecular flexibility index (Phi) is 8.69. The highest BCUT2D eigenvalue weighted by atomic mass is 35.5. The Bertz CT molecular complexity index is 1580. The SMILES string of the molecule is Cc1ccccc1N(CC(=O)Nc1ccccc1C(=O)N[C@H](C)c1ccccc1)S(=O)(=O)c1ccc(Cl)cc1. The molecule has 0 aliphatic heterocycles. The number of hydrogen-bond acceptors (Lipinski definition) is 4. The molecule has 9 heteroatoms. The molecular weight excluding hydrogens is 534 g/mol. The molecule has 0 fully saturated rings. The van der Waals surface area contributed by atoms with E-state index in [0.29, 0.717) is 16.3 Å². The van der Waals surface area contributed by atoms with Crippen LogP contribution < -0.4 is 14.9 Å². The molecule has 0 unspecified atom stereocenters. The molecule has 4 rings (SSSR count). The first-order chi connectivity index (χ1) is 18.7. The summed E-state index contributed by atoms with van der Waals surface area (Å²) in [6, 6.07) is 28.5. The minimum atomic E-state index is -4.12. The summed E-state index contributed by atoms with van der Waals surface area (Å²) in [4.78, 5) is 26.4. The van der Waals surface area contributed by atoms with Crippen LogP contribution in [0, 0.1) is 6.92 Å². The van der Waals surface area contributed by atoms with Crippen LogP contribution in [0.5, 0.6) is 0 Å². The Labute approximate surface area is 233 Å². The first-order valence-electron chi connectivity index (χ1n) is 12.3. The van der Waals surface area contributed by atoms with Crippen molar-refractivity contribution in [1.82, 2.24) is 5.32 Å². The number of halogens is 1. The highest BCUT2D eigenvalue weighted by Crippen LogP contribution is 2.28. The number of aryl methyl sites for hydroxylation is 1. The van der Waals surface area contributed by atoms with E-state index in [0.717, 1.165) is 9.87 Å².